The second-order valence-corrected chi connectivity index (χ2v) is 8.28. The van der Waals surface area contributed by atoms with Crippen molar-refractivity contribution >= 4 is 11.8 Å². The van der Waals surface area contributed by atoms with Gasteiger partial charge in [0.1, 0.15) is 5.75 Å². The lowest BCUT2D eigenvalue weighted by atomic mass is 10.1. The predicted molar refractivity (Wildman–Crippen MR) is 135 cm³/mol. The minimum atomic E-state index is -0.467. The molecule has 0 aliphatic carbocycles. The van der Waals surface area contributed by atoms with Crippen molar-refractivity contribution in [3.05, 3.63) is 72.9 Å². The highest BCUT2D eigenvalue weighted by Gasteiger charge is 2.19. The Morgan fingerprint density at radius 1 is 0.912 bits per heavy atom. The van der Waals surface area contributed by atoms with E-state index in [9.17, 15) is 4.79 Å². The number of pyridine rings is 1. The van der Waals surface area contributed by atoms with Crippen molar-refractivity contribution < 1.29 is 14.3 Å². The van der Waals surface area contributed by atoms with Crippen LogP contribution in [0.15, 0.2) is 72.9 Å². The normalized spacial score (nSPS) is 14.0. The van der Waals surface area contributed by atoms with E-state index in [-0.39, 0.29) is 0 Å². The number of nitrogens with zero attached hydrogens (tertiary/aromatic N) is 3. The van der Waals surface area contributed by atoms with E-state index in [1.165, 1.54) is 0 Å². The summed E-state index contributed by atoms with van der Waals surface area (Å²) in [6.07, 6.45) is 3.18. The van der Waals surface area contributed by atoms with Gasteiger partial charge in [0.2, 0.25) is 5.88 Å². The predicted octanol–water partition coefficient (Wildman–Crippen LogP) is 4.45. The highest BCUT2D eigenvalue weighted by Crippen LogP contribution is 2.28. The summed E-state index contributed by atoms with van der Waals surface area (Å²) in [5.41, 5.74) is 3.22. The molecule has 0 radical (unpaired) electrons. The zero-order valence-electron chi connectivity index (χ0n) is 19.7. The van der Waals surface area contributed by atoms with Gasteiger partial charge in [-0.2, -0.15) is 0 Å². The van der Waals surface area contributed by atoms with Gasteiger partial charge in [-0.15, -0.1) is 0 Å². The Labute approximate surface area is 201 Å². The van der Waals surface area contributed by atoms with Crippen molar-refractivity contribution in [1.29, 1.82) is 0 Å². The maximum Gasteiger partial charge on any atom is 0.413 e. The van der Waals surface area contributed by atoms with Crippen LogP contribution >= 0.6 is 0 Å². The van der Waals surface area contributed by atoms with Crippen LogP contribution in [0.4, 0.5) is 10.5 Å². The molecule has 7 nitrogen and oxygen atoms in total. The van der Waals surface area contributed by atoms with Crippen molar-refractivity contribution in [2.75, 3.05) is 51.3 Å². The van der Waals surface area contributed by atoms with Gasteiger partial charge in [0, 0.05) is 50.6 Å². The molecule has 1 N–H and O–H groups in total. The molecule has 7 heteroatoms. The minimum Gasteiger partial charge on any atom is -0.495 e. The first-order chi connectivity index (χ1) is 16.7. The highest BCUT2D eigenvalue weighted by molar-refractivity contribution is 5.70. The molecule has 1 aromatic heterocycles. The minimum absolute atomic E-state index is 0.296. The third-order valence-electron chi connectivity index (χ3n) is 6.01. The van der Waals surface area contributed by atoms with Gasteiger partial charge >= 0.3 is 6.09 Å². The van der Waals surface area contributed by atoms with Gasteiger partial charge in [0.05, 0.1) is 12.8 Å². The first-order valence-corrected chi connectivity index (χ1v) is 11.8. The maximum atomic E-state index is 12.1. The molecule has 2 heterocycles. The number of hydrogen-bond donors (Lipinski definition) is 1. The number of amides is 1. The number of hydrogen-bond acceptors (Lipinski definition) is 6. The molecule has 0 bridgehead atoms. The van der Waals surface area contributed by atoms with Crippen LogP contribution < -0.4 is 19.7 Å². The van der Waals surface area contributed by atoms with Crippen molar-refractivity contribution in [3.63, 3.8) is 0 Å². The van der Waals surface area contributed by atoms with Gasteiger partial charge in [-0.25, -0.2) is 9.78 Å². The molecule has 0 spiro atoms. The molecule has 0 unspecified atom stereocenters. The summed E-state index contributed by atoms with van der Waals surface area (Å²) in [4.78, 5) is 21.2. The molecule has 1 amide bonds. The summed E-state index contributed by atoms with van der Waals surface area (Å²) in [5, 5.41) is 2.81. The fourth-order valence-corrected chi connectivity index (χ4v) is 4.13. The molecule has 1 aliphatic heterocycles. The molecule has 1 saturated heterocycles. The number of carbonyl (C=O) groups is 1. The molecule has 1 fully saturated rings. The number of aromatic nitrogens is 1. The molecule has 178 valence electrons. The quantitative estimate of drug-likeness (QED) is 0.476. The summed E-state index contributed by atoms with van der Waals surface area (Å²) in [5.74, 6) is 1.22. The first-order valence-electron chi connectivity index (χ1n) is 11.8. The van der Waals surface area contributed by atoms with Gasteiger partial charge in [-0.05, 0) is 43.1 Å². The largest absolute Gasteiger partial charge is 0.495 e. The number of piperazine rings is 1. The second kappa shape index (κ2) is 12.0. The average molecular weight is 461 g/mol. The van der Waals surface area contributed by atoms with Crippen molar-refractivity contribution in [3.8, 4) is 22.8 Å². The third kappa shape index (κ3) is 6.48. The van der Waals surface area contributed by atoms with E-state index in [1.807, 2.05) is 48.5 Å². The Balaban J connectivity index is 1.10. The fraction of sp³-hybridized carbons (Fsp3) is 0.333. The second-order valence-electron chi connectivity index (χ2n) is 8.28. The van der Waals surface area contributed by atoms with Gasteiger partial charge < -0.3 is 19.7 Å². The number of unbranched alkanes of at least 4 members (excludes halogenated alkanes) is 1. The molecule has 3 aromatic rings. The number of carbonyl (C=O) groups excluding carboxylic acids is 1. The summed E-state index contributed by atoms with van der Waals surface area (Å²) in [6, 6.07) is 21.8. The van der Waals surface area contributed by atoms with Gasteiger partial charge in [-0.1, -0.05) is 42.5 Å². The van der Waals surface area contributed by atoms with E-state index in [0.29, 0.717) is 12.4 Å². The Hall–Kier alpha value is -3.58. The maximum absolute atomic E-state index is 12.1. The molecule has 1 aliphatic rings. The standard InChI is InChI=1S/C27H32N4O3/c1-33-25-12-6-5-11-24(25)31-19-17-30(18-20-31)16-8-7-15-28-27(32)34-26-14-13-23(21-29-26)22-9-3-2-4-10-22/h2-6,9-14,21H,7-8,15-20H2,1H3,(H,28,32). The Morgan fingerprint density at radius 3 is 2.41 bits per heavy atom. The van der Waals surface area contributed by atoms with Gasteiger partial charge in [-0.3, -0.25) is 4.90 Å². The van der Waals surface area contributed by atoms with Gasteiger partial charge in [0.25, 0.3) is 0 Å². The number of rotatable bonds is 9. The van der Waals surface area contributed by atoms with Crippen molar-refractivity contribution in [2.45, 2.75) is 12.8 Å². The van der Waals surface area contributed by atoms with Crippen LogP contribution in [0.5, 0.6) is 11.6 Å². The Morgan fingerprint density at radius 2 is 1.68 bits per heavy atom. The molecule has 34 heavy (non-hydrogen) atoms. The average Bonchev–Trinajstić information content (AvgIpc) is 2.90. The zero-order valence-corrected chi connectivity index (χ0v) is 19.7. The lowest BCUT2D eigenvalue weighted by Gasteiger charge is -2.36. The topological polar surface area (TPSA) is 66.9 Å². The van der Waals surface area contributed by atoms with Gasteiger partial charge in [0.15, 0.2) is 0 Å². The number of anilines is 1. The summed E-state index contributed by atoms with van der Waals surface area (Å²) < 4.78 is 10.8. The molecule has 4 rings (SSSR count). The van der Waals surface area contributed by atoms with Crippen LogP contribution in [0.2, 0.25) is 0 Å². The molecule has 0 atom stereocenters. The van der Waals surface area contributed by atoms with E-state index < -0.39 is 6.09 Å². The van der Waals surface area contributed by atoms with Crippen LogP contribution in [0.3, 0.4) is 0 Å². The molecule has 2 aromatic carbocycles. The smallest absolute Gasteiger partial charge is 0.413 e. The Kier molecular flexibility index (Phi) is 8.35. The highest BCUT2D eigenvalue weighted by atomic mass is 16.6. The van der Waals surface area contributed by atoms with Crippen molar-refractivity contribution in [1.82, 2.24) is 15.2 Å². The lowest BCUT2D eigenvalue weighted by Crippen LogP contribution is -2.46. The molecular formula is C27H32N4O3. The number of benzene rings is 2. The van der Waals surface area contributed by atoms with E-state index in [4.69, 9.17) is 9.47 Å². The van der Waals surface area contributed by atoms with Crippen LogP contribution in [-0.2, 0) is 0 Å². The number of ether oxygens (including phenoxy) is 2. The summed E-state index contributed by atoms with van der Waals surface area (Å²) >= 11 is 0. The Bertz CT molecular complexity index is 1040. The number of para-hydroxylation sites is 2. The SMILES string of the molecule is COc1ccccc1N1CCN(CCCCNC(=O)Oc2ccc(-c3ccccc3)cn2)CC1. The van der Waals surface area contributed by atoms with Crippen molar-refractivity contribution in [2.24, 2.45) is 0 Å². The third-order valence-corrected chi connectivity index (χ3v) is 6.01. The monoisotopic (exact) mass is 460 g/mol. The van der Waals surface area contributed by atoms with Crippen LogP contribution in [-0.4, -0.2) is 62.4 Å². The number of nitrogens with one attached hydrogen (secondary N) is 1. The lowest BCUT2D eigenvalue weighted by molar-refractivity contribution is 0.198. The van der Waals surface area contributed by atoms with E-state index in [1.54, 1.807) is 19.4 Å². The summed E-state index contributed by atoms with van der Waals surface area (Å²) in [6.45, 7) is 5.64. The molecular weight excluding hydrogens is 428 g/mol. The van der Waals surface area contributed by atoms with E-state index in [2.05, 4.69) is 32.2 Å². The van der Waals surface area contributed by atoms with E-state index in [0.717, 1.165) is 68.1 Å². The first kappa shape index (κ1) is 23.6. The van der Waals surface area contributed by atoms with Crippen LogP contribution in [0.1, 0.15) is 12.8 Å². The number of methoxy groups -OCH3 is 1. The zero-order chi connectivity index (χ0) is 23.6. The van der Waals surface area contributed by atoms with E-state index >= 15 is 0 Å². The van der Waals surface area contributed by atoms with Crippen LogP contribution in [0.25, 0.3) is 11.1 Å². The molecule has 0 saturated carbocycles. The fourth-order valence-electron chi connectivity index (χ4n) is 4.13. The van der Waals surface area contributed by atoms with Crippen LogP contribution in [0, 0.1) is 0 Å². The summed E-state index contributed by atoms with van der Waals surface area (Å²) in [7, 11) is 1.72.